The lowest BCUT2D eigenvalue weighted by Gasteiger charge is -2.16. The minimum Gasteiger partial charge on any atom is -0.497 e. The lowest BCUT2D eigenvalue weighted by atomic mass is 10.1. The smallest absolute Gasteiger partial charge is 0.233 e. The lowest BCUT2D eigenvalue weighted by molar-refractivity contribution is 0.356. The first-order valence-electron chi connectivity index (χ1n) is 7.62. The molecule has 3 rings (SSSR count). The summed E-state index contributed by atoms with van der Waals surface area (Å²) in [4.78, 5) is 0. The van der Waals surface area contributed by atoms with Gasteiger partial charge in [-0.15, -0.1) is 10.2 Å². The maximum atomic E-state index is 6.02. The van der Waals surface area contributed by atoms with E-state index in [9.17, 15) is 0 Å². The molecule has 0 bridgehead atoms. The summed E-state index contributed by atoms with van der Waals surface area (Å²) in [5.74, 6) is 2.86. The van der Waals surface area contributed by atoms with E-state index >= 15 is 0 Å². The number of hydrogen-bond donors (Lipinski definition) is 1. The molecule has 0 radical (unpaired) electrons. The van der Waals surface area contributed by atoms with Gasteiger partial charge in [0, 0.05) is 17.9 Å². The van der Waals surface area contributed by atoms with Crippen LogP contribution in [0.5, 0.6) is 5.75 Å². The van der Waals surface area contributed by atoms with Crippen molar-refractivity contribution < 1.29 is 13.6 Å². The van der Waals surface area contributed by atoms with Gasteiger partial charge in [0.25, 0.3) is 0 Å². The number of aromatic nitrogens is 2. The van der Waals surface area contributed by atoms with Crippen molar-refractivity contribution in [3.63, 3.8) is 0 Å². The highest BCUT2D eigenvalue weighted by Gasteiger charge is 2.21. The molecule has 122 valence electrons. The fraction of sp³-hybridized carbons (Fsp3) is 0.412. The Labute approximate surface area is 134 Å². The highest BCUT2D eigenvalue weighted by Crippen LogP contribution is 2.32. The summed E-state index contributed by atoms with van der Waals surface area (Å²) in [7, 11) is 1.66. The van der Waals surface area contributed by atoms with E-state index in [1.807, 2.05) is 25.1 Å². The number of hydrogen-bond acceptors (Lipinski definition) is 6. The molecule has 2 aromatic heterocycles. The van der Waals surface area contributed by atoms with Crippen LogP contribution in [-0.4, -0.2) is 17.3 Å². The fourth-order valence-corrected chi connectivity index (χ4v) is 2.77. The Balaban J connectivity index is 1.85. The monoisotopic (exact) mass is 315 g/mol. The van der Waals surface area contributed by atoms with E-state index < -0.39 is 0 Å². The summed E-state index contributed by atoms with van der Waals surface area (Å²) in [5, 5.41) is 12.4. The van der Waals surface area contributed by atoms with E-state index in [0.29, 0.717) is 11.8 Å². The maximum Gasteiger partial charge on any atom is 0.233 e. The second kappa shape index (κ2) is 6.04. The van der Waals surface area contributed by atoms with Gasteiger partial charge in [-0.3, -0.25) is 5.32 Å². The molecule has 0 amide bonds. The number of furan rings is 1. The van der Waals surface area contributed by atoms with Crippen LogP contribution in [-0.2, 0) is 0 Å². The third-order valence-corrected chi connectivity index (χ3v) is 3.99. The fourth-order valence-electron chi connectivity index (χ4n) is 2.77. The second-order valence-electron chi connectivity index (χ2n) is 5.72. The van der Waals surface area contributed by atoms with Crippen LogP contribution in [0.3, 0.4) is 0 Å². The zero-order valence-electron chi connectivity index (χ0n) is 14.0. The van der Waals surface area contributed by atoms with Gasteiger partial charge in [-0.1, -0.05) is 0 Å². The van der Waals surface area contributed by atoms with Gasteiger partial charge in [0.2, 0.25) is 11.8 Å². The maximum absolute atomic E-state index is 6.02. The van der Waals surface area contributed by atoms with Crippen LogP contribution in [0, 0.1) is 13.8 Å². The number of rotatable bonds is 5. The average molecular weight is 315 g/mol. The lowest BCUT2D eigenvalue weighted by Crippen LogP contribution is -2.22. The molecule has 0 spiro atoms. The van der Waals surface area contributed by atoms with Crippen molar-refractivity contribution in [1.29, 1.82) is 0 Å². The van der Waals surface area contributed by atoms with E-state index in [4.69, 9.17) is 13.6 Å². The topological polar surface area (TPSA) is 73.3 Å². The Morgan fingerprint density at radius 2 is 1.87 bits per heavy atom. The van der Waals surface area contributed by atoms with Gasteiger partial charge in [0.15, 0.2) is 0 Å². The Morgan fingerprint density at radius 1 is 1.09 bits per heavy atom. The summed E-state index contributed by atoms with van der Waals surface area (Å²) in [6, 6.07) is 5.78. The highest BCUT2D eigenvalue weighted by molar-refractivity contribution is 5.83. The summed E-state index contributed by atoms with van der Waals surface area (Å²) in [6.45, 7) is 7.88. The van der Waals surface area contributed by atoms with Crippen molar-refractivity contribution in [1.82, 2.24) is 15.5 Å². The Hall–Kier alpha value is -2.34. The van der Waals surface area contributed by atoms with Crippen molar-refractivity contribution in [2.45, 2.75) is 39.8 Å². The van der Waals surface area contributed by atoms with E-state index in [-0.39, 0.29) is 12.1 Å². The first-order chi connectivity index (χ1) is 11.0. The summed E-state index contributed by atoms with van der Waals surface area (Å²) in [5.41, 5.74) is 1.96. The summed E-state index contributed by atoms with van der Waals surface area (Å²) in [6.07, 6.45) is 0. The molecule has 0 aliphatic rings. The molecule has 2 heterocycles. The Bertz CT molecular complexity index is 822. The SMILES string of the molecule is COc1ccc2oc([C@@H](C)N[C@@H](C)c3nnc(C)o3)c(C)c2c1. The molecule has 3 aromatic rings. The van der Waals surface area contributed by atoms with Crippen LogP contribution in [0.1, 0.15) is 49.0 Å². The first-order valence-corrected chi connectivity index (χ1v) is 7.62. The van der Waals surface area contributed by atoms with Gasteiger partial charge in [-0.05, 0) is 39.0 Å². The minimum absolute atomic E-state index is 0.00982. The molecule has 0 aliphatic heterocycles. The number of aryl methyl sites for hydroxylation is 2. The van der Waals surface area contributed by atoms with Crippen molar-refractivity contribution in [2.75, 3.05) is 7.11 Å². The van der Waals surface area contributed by atoms with E-state index in [2.05, 4.69) is 29.4 Å². The van der Waals surface area contributed by atoms with Crippen molar-refractivity contribution >= 4 is 11.0 Å². The van der Waals surface area contributed by atoms with E-state index in [1.165, 1.54) is 0 Å². The molecule has 1 aromatic carbocycles. The third kappa shape index (κ3) is 2.94. The highest BCUT2D eigenvalue weighted by atomic mass is 16.5. The number of benzene rings is 1. The molecular weight excluding hydrogens is 294 g/mol. The van der Waals surface area contributed by atoms with Gasteiger partial charge >= 0.3 is 0 Å². The van der Waals surface area contributed by atoms with Gasteiger partial charge in [0.1, 0.15) is 17.1 Å². The van der Waals surface area contributed by atoms with Crippen LogP contribution in [0.15, 0.2) is 27.0 Å². The second-order valence-corrected chi connectivity index (χ2v) is 5.72. The standard InChI is InChI=1S/C17H21N3O3/c1-9-14-8-13(21-5)6-7-15(14)23-16(9)10(2)18-11(3)17-20-19-12(4)22-17/h6-8,10-11,18H,1-5H3/t10-,11+/m1/s1. The molecule has 1 N–H and O–H groups in total. The normalized spacial score (nSPS) is 14.1. The molecule has 0 unspecified atom stereocenters. The van der Waals surface area contributed by atoms with Crippen LogP contribution in [0.2, 0.25) is 0 Å². The minimum atomic E-state index is -0.0617. The van der Waals surface area contributed by atoms with Gasteiger partial charge in [-0.2, -0.15) is 0 Å². The van der Waals surface area contributed by atoms with Crippen molar-refractivity contribution in [3.8, 4) is 5.75 Å². The molecule has 0 fully saturated rings. The van der Waals surface area contributed by atoms with E-state index in [0.717, 1.165) is 28.0 Å². The molecule has 0 aliphatic carbocycles. The predicted octanol–water partition coefficient (Wildman–Crippen LogP) is 3.85. The van der Waals surface area contributed by atoms with Crippen LogP contribution in [0.4, 0.5) is 0 Å². The van der Waals surface area contributed by atoms with Crippen molar-refractivity contribution in [3.05, 3.63) is 41.3 Å². The Kier molecular flexibility index (Phi) is 4.09. The number of nitrogens with zero attached hydrogens (tertiary/aromatic N) is 2. The average Bonchev–Trinajstić information content (AvgIpc) is 3.11. The molecule has 6 heteroatoms. The predicted molar refractivity (Wildman–Crippen MR) is 86.5 cm³/mol. The zero-order valence-corrected chi connectivity index (χ0v) is 14.0. The number of methoxy groups -OCH3 is 1. The van der Waals surface area contributed by atoms with E-state index in [1.54, 1.807) is 14.0 Å². The molecule has 0 saturated heterocycles. The molecular formula is C17H21N3O3. The zero-order chi connectivity index (χ0) is 16.6. The largest absolute Gasteiger partial charge is 0.497 e. The molecule has 6 nitrogen and oxygen atoms in total. The summed E-state index contributed by atoms with van der Waals surface area (Å²) < 4.78 is 16.8. The molecule has 23 heavy (non-hydrogen) atoms. The molecule has 0 saturated carbocycles. The first kappa shape index (κ1) is 15.6. The number of fused-ring (bicyclic) bond motifs is 1. The number of nitrogens with one attached hydrogen (secondary N) is 1. The quantitative estimate of drug-likeness (QED) is 0.771. The van der Waals surface area contributed by atoms with Gasteiger partial charge < -0.3 is 13.6 Å². The van der Waals surface area contributed by atoms with Crippen molar-refractivity contribution in [2.24, 2.45) is 0 Å². The summed E-state index contributed by atoms with van der Waals surface area (Å²) >= 11 is 0. The Morgan fingerprint density at radius 3 is 2.52 bits per heavy atom. The number of ether oxygens (including phenoxy) is 1. The van der Waals surface area contributed by atoms with Crippen LogP contribution in [0.25, 0.3) is 11.0 Å². The van der Waals surface area contributed by atoms with Gasteiger partial charge in [0.05, 0.1) is 19.2 Å². The van der Waals surface area contributed by atoms with Gasteiger partial charge in [-0.25, -0.2) is 0 Å². The van der Waals surface area contributed by atoms with Crippen LogP contribution < -0.4 is 10.1 Å². The van der Waals surface area contributed by atoms with Crippen LogP contribution >= 0.6 is 0 Å². The molecule has 2 atom stereocenters. The third-order valence-electron chi connectivity index (χ3n) is 3.99.